The highest BCUT2D eigenvalue weighted by atomic mass is 32.2. The standard InChI is InChI=1S/C31H39N3O4S/c1-5-7-21-32-31(36)25(4)33(22-27-17-12-11-15-24(27)3)30(35)23-34(29-20-14-13-16-26(29)6-2)39(37,38)28-18-9-8-10-19-28/h8-20,25H,5-7,21-23H2,1-4H3,(H,32,36)/t25-/m0/s1. The lowest BCUT2D eigenvalue weighted by Crippen LogP contribution is -2.51. The zero-order valence-corrected chi connectivity index (χ0v) is 24.1. The lowest BCUT2D eigenvalue weighted by atomic mass is 10.1. The molecule has 1 N–H and O–H groups in total. The van der Waals surface area contributed by atoms with Crippen LogP contribution in [0.4, 0.5) is 5.69 Å². The second-order valence-electron chi connectivity index (χ2n) is 9.58. The van der Waals surface area contributed by atoms with E-state index in [4.69, 9.17) is 0 Å². The SMILES string of the molecule is CCCCNC(=O)[C@H](C)N(Cc1ccccc1C)C(=O)CN(c1ccccc1CC)S(=O)(=O)c1ccccc1. The van der Waals surface area contributed by atoms with Gasteiger partial charge in [0.2, 0.25) is 11.8 Å². The zero-order valence-electron chi connectivity index (χ0n) is 23.3. The van der Waals surface area contributed by atoms with Crippen molar-refractivity contribution in [1.82, 2.24) is 10.2 Å². The van der Waals surface area contributed by atoms with Crippen LogP contribution in [0.15, 0.2) is 83.8 Å². The monoisotopic (exact) mass is 549 g/mol. The number of anilines is 1. The van der Waals surface area contributed by atoms with Crippen molar-refractivity contribution in [3.63, 3.8) is 0 Å². The molecule has 0 aliphatic carbocycles. The molecule has 39 heavy (non-hydrogen) atoms. The molecule has 7 nitrogen and oxygen atoms in total. The molecule has 0 bridgehead atoms. The predicted molar refractivity (Wildman–Crippen MR) is 156 cm³/mol. The minimum Gasteiger partial charge on any atom is -0.354 e. The number of rotatable bonds is 13. The van der Waals surface area contributed by atoms with Crippen molar-refractivity contribution < 1.29 is 18.0 Å². The van der Waals surface area contributed by atoms with Crippen LogP contribution < -0.4 is 9.62 Å². The summed E-state index contributed by atoms with van der Waals surface area (Å²) in [5.41, 5.74) is 3.14. The van der Waals surface area contributed by atoms with Crippen LogP contribution in [0, 0.1) is 6.92 Å². The van der Waals surface area contributed by atoms with Gasteiger partial charge in [-0.15, -0.1) is 0 Å². The molecule has 0 heterocycles. The molecule has 0 aliphatic heterocycles. The number of carbonyl (C=O) groups excluding carboxylic acids is 2. The second-order valence-corrected chi connectivity index (χ2v) is 11.4. The van der Waals surface area contributed by atoms with E-state index in [1.165, 1.54) is 21.3 Å². The number of sulfonamides is 1. The fourth-order valence-electron chi connectivity index (χ4n) is 4.38. The Bertz CT molecular complexity index is 1360. The lowest BCUT2D eigenvalue weighted by Gasteiger charge is -2.33. The molecule has 3 aromatic rings. The smallest absolute Gasteiger partial charge is 0.264 e. The molecule has 0 saturated heterocycles. The summed E-state index contributed by atoms with van der Waals surface area (Å²) in [4.78, 5) is 28.7. The Labute approximate surface area is 232 Å². The minimum absolute atomic E-state index is 0.0968. The quantitative estimate of drug-likeness (QED) is 0.301. The fourth-order valence-corrected chi connectivity index (χ4v) is 5.85. The normalized spacial score (nSPS) is 12.0. The maximum absolute atomic E-state index is 14.0. The third-order valence-electron chi connectivity index (χ3n) is 6.85. The highest BCUT2D eigenvalue weighted by Gasteiger charge is 2.33. The number of hydrogen-bond acceptors (Lipinski definition) is 4. The molecule has 0 saturated carbocycles. The molecule has 3 rings (SSSR count). The Morgan fingerprint density at radius 2 is 1.49 bits per heavy atom. The van der Waals surface area contributed by atoms with Crippen LogP contribution in [0.25, 0.3) is 0 Å². The summed E-state index contributed by atoms with van der Waals surface area (Å²) in [6.45, 7) is 7.89. The molecular weight excluding hydrogens is 510 g/mol. The summed E-state index contributed by atoms with van der Waals surface area (Å²) in [5, 5.41) is 2.91. The topological polar surface area (TPSA) is 86.8 Å². The zero-order chi connectivity index (χ0) is 28.4. The molecule has 0 aliphatic rings. The van der Waals surface area contributed by atoms with Gasteiger partial charge in [-0.1, -0.05) is 80.9 Å². The first-order valence-corrected chi connectivity index (χ1v) is 14.9. The van der Waals surface area contributed by atoms with Crippen molar-refractivity contribution >= 4 is 27.5 Å². The second kappa shape index (κ2) is 13.9. The van der Waals surface area contributed by atoms with Crippen LogP contribution >= 0.6 is 0 Å². The summed E-state index contributed by atoms with van der Waals surface area (Å²) in [5.74, 6) is -0.724. The van der Waals surface area contributed by atoms with Crippen molar-refractivity contribution in [3.05, 3.63) is 95.6 Å². The summed E-state index contributed by atoms with van der Waals surface area (Å²) in [6.07, 6.45) is 2.36. The molecule has 0 radical (unpaired) electrons. The van der Waals surface area contributed by atoms with Crippen LogP contribution in [0.2, 0.25) is 0 Å². The summed E-state index contributed by atoms with van der Waals surface area (Å²) in [7, 11) is -4.07. The van der Waals surface area contributed by atoms with Crippen LogP contribution in [0.3, 0.4) is 0 Å². The fraction of sp³-hybridized carbons (Fsp3) is 0.355. The van der Waals surface area contributed by atoms with Crippen LogP contribution in [0.5, 0.6) is 0 Å². The number of aryl methyl sites for hydroxylation is 2. The van der Waals surface area contributed by atoms with Gasteiger partial charge in [0.25, 0.3) is 10.0 Å². The van der Waals surface area contributed by atoms with E-state index in [0.717, 1.165) is 29.5 Å². The first kappa shape index (κ1) is 29.9. The highest BCUT2D eigenvalue weighted by Crippen LogP contribution is 2.28. The van der Waals surface area contributed by atoms with Gasteiger partial charge < -0.3 is 10.2 Å². The van der Waals surface area contributed by atoms with Crippen molar-refractivity contribution in [1.29, 1.82) is 0 Å². The first-order valence-electron chi connectivity index (χ1n) is 13.5. The number of nitrogens with one attached hydrogen (secondary N) is 1. The van der Waals surface area contributed by atoms with Gasteiger partial charge in [-0.2, -0.15) is 0 Å². The Morgan fingerprint density at radius 1 is 0.872 bits per heavy atom. The lowest BCUT2D eigenvalue weighted by molar-refractivity contribution is -0.139. The van der Waals surface area contributed by atoms with Gasteiger partial charge in [-0.25, -0.2) is 8.42 Å². The Balaban J connectivity index is 2.03. The molecule has 0 spiro atoms. The molecule has 0 aromatic heterocycles. The van der Waals surface area contributed by atoms with Crippen LogP contribution in [0.1, 0.15) is 50.3 Å². The van der Waals surface area contributed by atoms with Gasteiger partial charge in [0.05, 0.1) is 10.6 Å². The van der Waals surface area contributed by atoms with E-state index in [1.54, 1.807) is 37.3 Å². The first-order chi connectivity index (χ1) is 18.7. The van der Waals surface area contributed by atoms with Gasteiger partial charge >= 0.3 is 0 Å². The molecule has 208 valence electrons. The maximum atomic E-state index is 14.0. The van der Waals surface area contributed by atoms with Crippen molar-refractivity contribution in [2.45, 2.75) is 64.4 Å². The van der Waals surface area contributed by atoms with E-state index in [0.29, 0.717) is 18.7 Å². The van der Waals surface area contributed by atoms with E-state index < -0.39 is 28.5 Å². The van der Waals surface area contributed by atoms with Gasteiger partial charge in [-0.3, -0.25) is 13.9 Å². The average Bonchev–Trinajstić information content (AvgIpc) is 2.95. The highest BCUT2D eigenvalue weighted by molar-refractivity contribution is 7.92. The van der Waals surface area contributed by atoms with E-state index in [9.17, 15) is 18.0 Å². The van der Waals surface area contributed by atoms with E-state index in [-0.39, 0.29) is 17.3 Å². The molecular formula is C31H39N3O4S. The number of amides is 2. The molecule has 2 amide bonds. The van der Waals surface area contributed by atoms with Crippen LogP contribution in [-0.2, 0) is 32.6 Å². The number of carbonyl (C=O) groups is 2. The predicted octanol–water partition coefficient (Wildman–Crippen LogP) is 5.09. The van der Waals surface area contributed by atoms with E-state index >= 15 is 0 Å². The summed E-state index contributed by atoms with van der Waals surface area (Å²) < 4.78 is 29.0. The summed E-state index contributed by atoms with van der Waals surface area (Å²) in [6, 6.07) is 22.2. The molecule has 8 heteroatoms. The van der Waals surface area contributed by atoms with Crippen molar-refractivity contribution in [2.75, 3.05) is 17.4 Å². The van der Waals surface area contributed by atoms with Crippen LogP contribution in [-0.4, -0.2) is 44.3 Å². The molecule has 1 atom stereocenters. The third kappa shape index (κ3) is 7.47. The molecule has 3 aromatic carbocycles. The van der Waals surface area contributed by atoms with Gasteiger partial charge in [-0.05, 0) is 61.6 Å². The Kier molecular flexibility index (Phi) is 10.7. The van der Waals surface area contributed by atoms with E-state index in [1.807, 2.05) is 57.2 Å². The van der Waals surface area contributed by atoms with Gasteiger partial charge in [0.15, 0.2) is 0 Å². The van der Waals surface area contributed by atoms with E-state index in [2.05, 4.69) is 5.32 Å². The largest absolute Gasteiger partial charge is 0.354 e. The minimum atomic E-state index is -4.07. The number of benzene rings is 3. The Morgan fingerprint density at radius 3 is 2.13 bits per heavy atom. The van der Waals surface area contributed by atoms with Gasteiger partial charge in [0.1, 0.15) is 12.6 Å². The van der Waals surface area contributed by atoms with Gasteiger partial charge in [0, 0.05) is 13.1 Å². The number of hydrogen-bond donors (Lipinski definition) is 1. The van der Waals surface area contributed by atoms with Crippen molar-refractivity contribution in [3.8, 4) is 0 Å². The number of unbranched alkanes of at least 4 members (excludes halogenated alkanes) is 1. The average molecular weight is 550 g/mol. The Hall–Kier alpha value is -3.65. The number of nitrogens with zero attached hydrogens (tertiary/aromatic N) is 2. The molecule has 0 fully saturated rings. The maximum Gasteiger partial charge on any atom is 0.264 e. The number of para-hydroxylation sites is 1. The third-order valence-corrected chi connectivity index (χ3v) is 8.62. The molecule has 0 unspecified atom stereocenters. The summed E-state index contributed by atoms with van der Waals surface area (Å²) >= 11 is 0. The van der Waals surface area contributed by atoms with Crippen molar-refractivity contribution in [2.24, 2.45) is 0 Å².